The average molecular weight is 551 g/mol. The second-order valence-corrected chi connectivity index (χ2v) is 8.79. The predicted molar refractivity (Wildman–Crippen MR) is 135 cm³/mol. The van der Waals surface area contributed by atoms with E-state index in [0.29, 0.717) is 21.9 Å². The molecular formula is C25H19Cl2F3N4O3. The van der Waals surface area contributed by atoms with Gasteiger partial charge in [-0.05, 0) is 53.6 Å². The fourth-order valence-electron chi connectivity index (χ4n) is 3.54. The van der Waals surface area contributed by atoms with Crippen molar-refractivity contribution >= 4 is 34.8 Å². The summed E-state index contributed by atoms with van der Waals surface area (Å²) in [5.74, 6) is 0.373. The van der Waals surface area contributed by atoms with Gasteiger partial charge < -0.3 is 10.1 Å². The molecule has 0 aliphatic carbocycles. The highest BCUT2D eigenvalue weighted by Crippen LogP contribution is 2.31. The quantitative estimate of drug-likeness (QED) is 0.325. The number of aromatic nitrogens is 3. The lowest BCUT2D eigenvalue weighted by molar-refractivity contribution is -0.137. The van der Waals surface area contributed by atoms with Crippen molar-refractivity contribution in [3.63, 3.8) is 0 Å². The van der Waals surface area contributed by atoms with Gasteiger partial charge in [-0.3, -0.25) is 4.57 Å². The minimum absolute atomic E-state index is 0.00285. The molecule has 0 amide bonds. The number of alkyl halides is 3. The second kappa shape index (κ2) is 10.7. The molecule has 0 atom stereocenters. The molecule has 192 valence electrons. The van der Waals surface area contributed by atoms with Crippen molar-refractivity contribution in [3.8, 4) is 5.75 Å². The van der Waals surface area contributed by atoms with Gasteiger partial charge in [0.15, 0.2) is 0 Å². The Balaban J connectivity index is 1.79. The Kier molecular flexibility index (Phi) is 7.60. The molecule has 0 spiro atoms. The largest absolute Gasteiger partial charge is 0.497 e. The Labute approximate surface area is 218 Å². The van der Waals surface area contributed by atoms with Crippen molar-refractivity contribution in [2.45, 2.75) is 19.3 Å². The van der Waals surface area contributed by atoms with Crippen LogP contribution in [0.25, 0.3) is 0 Å². The van der Waals surface area contributed by atoms with E-state index in [2.05, 4.69) is 10.3 Å². The van der Waals surface area contributed by atoms with Crippen LogP contribution in [-0.4, -0.2) is 21.2 Å². The number of nitrogens with one attached hydrogen (secondary N) is 1. The number of hydrogen-bond donors (Lipinski definition) is 1. The minimum atomic E-state index is -4.58. The maximum atomic E-state index is 13.5. The lowest BCUT2D eigenvalue weighted by Crippen LogP contribution is -2.43. The average Bonchev–Trinajstić information content (AvgIpc) is 2.86. The number of halogens is 5. The zero-order chi connectivity index (χ0) is 26.7. The zero-order valence-electron chi connectivity index (χ0n) is 19.2. The molecule has 12 heteroatoms. The fourth-order valence-corrected chi connectivity index (χ4v) is 3.86. The van der Waals surface area contributed by atoms with Gasteiger partial charge in [0, 0.05) is 5.69 Å². The highest BCUT2D eigenvalue weighted by molar-refractivity contribution is 6.42. The molecule has 0 fully saturated rings. The molecule has 4 aromatic rings. The van der Waals surface area contributed by atoms with Crippen molar-refractivity contribution in [2.75, 3.05) is 12.4 Å². The molecule has 7 nitrogen and oxygen atoms in total. The Bertz CT molecular complexity index is 1550. The van der Waals surface area contributed by atoms with Crippen LogP contribution in [0.3, 0.4) is 0 Å². The molecule has 0 saturated heterocycles. The number of rotatable bonds is 7. The molecular weight excluding hydrogens is 532 g/mol. The third-order valence-corrected chi connectivity index (χ3v) is 6.16. The van der Waals surface area contributed by atoms with Gasteiger partial charge in [-0.1, -0.05) is 47.5 Å². The SMILES string of the molecule is COc1ccc(Cn2c(=O)nc(Nc3cccc(C(F)(F)F)c3)n(Cc3ccc(Cl)c(Cl)c3)c2=O)cc1. The Morgan fingerprint density at radius 2 is 1.57 bits per heavy atom. The lowest BCUT2D eigenvalue weighted by atomic mass is 10.2. The smallest absolute Gasteiger partial charge is 0.416 e. The van der Waals surface area contributed by atoms with E-state index in [4.69, 9.17) is 27.9 Å². The van der Waals surface area contributed by atoms with Gasteiger partial charge in [-0.2, -0.15) is 18.2 Å². The van der Waals surface area contributed by atoms with E-state index in [1.807, 2.05) is 0 Å². The normalized spacial score (nSPS) is 11.4. The van der Waals surface area contributed by atoms with Crippen LogP contribution in [0.1, 0.15) is 16.7 Å². The van der Waals surface area contributed by atoms with Gasteiger partial charge in [0.25, 0.3) is 0 Å². The van der Waals surface area contributed by atoms with Crippen LogP contribution in [0.4, 0.5) is 24.8 Å². The second-order valence-electron chi connectivity index (χ2n) is 7.97. The summed E-state index contributed by atoms with van der Waals surface area (Å²) in [6.45, 7) is -0.174. The topological polar surface area (TPSA) is 78.2 Å². The first kappa shape index (κ1) is 26.3. The molecule has 0 aliphatic rings. The van der Waals surface area contributed by atoms with E-state index < -0.39 is 23.1 Å². The Morgan fingerprint density at radius 3 is 2.22 bits per heavy atom. The van der Waals surface area contributed by atoms with Crippen molar-refractivity contribution in [1.29, 1.82) is 0 Å². The van der Waals surface area contributed by atoms with Crippen molar-refractivity contribution < 1.29 is 17.9 Å². The van der Waals surface area contributed by atoms with E-state index in [9.17, 15) is 22.8 Å². The summed E-state index contributed by atoms with van der Waals surface area (Å²) in [6.07, 6.45) is -4.58. The van der Waals surface area contributed by atoms with Crippen LogP contribution in [0.2, 0.25) is 10.0 Å². The number of benzene rings is 3. The van der Waals surface area contributed by atoms with Crippen molar-refractivity contribution in [2.24, 2.45) is 0 Å². The Hall–Kier alpha value is -3.76. The van der Waals surface area contributed by atoms with Gasteiger partial charge >= 0.3 is 17.6 Å². The van der Waals surface area contributed by atoms with Gasteiger partial charge in [-0.25, -0.2) is 14.2 Å². The van der Waals surface area contributed by atoms with Gasteiger partial charge in [0.1, 0.15) is 5.75 Å². The maximum absolute atomic E-state index is 13.5. The molecule has 37 heavy (non-hydrogen) atoms. The standard InChI is InChI=1S/C25H19Cl2F3N4O3/c1-37-19-8-5-15(6-9-19)13-34-23(35)32-22(31-18-4-2-3-17(12-18)25(28,29)30)33(24(34)36)14-16-7-10-20(26)21(27)11-16/h2-12H,13-14H2,1H3,(H,31,32,35). The molecule has 0 radical (unpaired) electrons. The maximum Gasteiger partial charge on any atom is 0.416 e. The summed E-state index contributed by atoms with van der Waals surface area (Å²) in [7, 11) is 1.52. The first-order valence-corrected chi connectivity index (χ1v) is 11.5. The van der Waals surface area contributed by atoms with E-state index in [1.54, 1.807) is 42.5 Å². The first-order valence-electron chi connectivity index (χ1n) is 10.8. The minimum Gasteiger partial charge on any atom is -0.497 e. The van der Waals surface area contributed by atoms with Gasteiger partial charge in [0.05, 0.1) is 35.8 Å². The number of ether oxygens (including phenoxy) is 1. The number of hydrogen-bond acceptors (Lipinski definition) is 5. The number of methoxy groups -OCH3 is 1. The summed E-state index contributed by atoms with van der Waals surface area (Å²) in [5, 5.41) is 3.24. The molecule has 4 rings (SSSR count). The summed E-state index contributed by atoms with van der Waals surface area (Å²) in [5.41, 5.74) is -1.31. The summed E-state index contributed by atoms with van der Waals surface area (Å²) >= 11 is 12.1. The fraction of sp³-hybridized carbons (Fsp3) is 0.160. The van der Waals surface area contributed by atoms with Gasteiger partial charge in [0.2, 0.25) is 5.95 Å². The monoisotopic (exact) mass is 550 g/mol. The molecule has 1 heterocycles. The summed E-state index contributed by atoms with van der Waals surface area (Å²) in [6, 6.07) is 15.8. The first-order chi connectivity index (χ1) is 17.5. The molecule has 1 aromatic heterocycles. The van der Waals surface area contributed by atoms with Gasteiger partial charge in [-0.15, -0.1) is 0 Å². The van der Waals surface area contributed by atoms with E-state index in [0.717, 1.165) is 21.3 Å². The molecule has 1 N–H and O–H groups in total. The molecule has 0 aliphatic heterocycles. The van der Waals surface area contributed by atoms with Crippen LogP contribution >= 0.6 is 23.2 Å². The lowest BCUT2D eigenvalue weighted by Gasteiger charge is -2.17. The van der Waals surface area contributed by atoms with Crippen LogP contribution in [0.5, 0.6) is 5.75 Å². The van der Waals surface area contributed by atoms with Crippen LogP contribution in [0.15, 0.2) is 76.3 Å². The molecule has 0 unspecified atom stereocenters. The predicted octanol–water partition coefficient (Wildman–Crippen LogP) is 5.58. The molecule has 0 bridgehead atoms. The van der Waals surface area contributed by atoms with E-state index in [1.165, 1.54) is 19.2 Å². The van der Waals surface area contributed by atoms with Crippen LogP contribution in [0, 0.1) is 0 Å². The van der Waals surface area contributed by atoms with Crippen LogP contribution in [-0.2, 0) is 19.3 Å². The van der Waals surface area contributed by atoms with E-state index in [-0.39, 0.29) is 29.7 Å². The summed E-state index contributed by atoms with van der Waals surface area (Å²) < 4.78 is 46.8. The third-order valence-electron chi connectivity index (χ3n) is 5.42. The van der Waals surface area contributed by atoms with E-state index >= 15 is 0 Å². The van der Waals surface area contributed by atoms with Crippen molar-refractivity contribution in [3.05, 3.63) is 114 Å². The molecule has 0 saturated carbocycles. The highest BCUT2D eigenvalue weighted by atomic mass is 35.5. The zero-order valence-corrected chi connectivity index (χ0v) is 20.7. The van der Waals surface area contributed by atoms with Crippen LogP contribution < -0.4 is 21.4 Å². The molecule has 3 aromatic carbocycles. The number of anilines is 2. The van der Waals surface area contributed by atoms with Crippen molar-refractivity contribution in [1.82, 2.24) is 14.1 Å². The number of nitrogens with zero attached hydrogens (tertiary/aromatic N) is 3. The third kappa shape index (κ3) is 6.15. The highest BCUT2D eigenvalue weighted by Gasteiger charge is 2.30. The Morgan fingerprint density at radius 1 is 0.892 bits per heavy atom. The summed E-state index contributed by atoms with van der Waals surface area (Å²) in [4.78, 5) is 30.3.